The topological polar surface area (TPSA) is 34.1 Å². The lowest BCUT2D eigenvalue weighted by Crippen LogP contribution is -2.02. The molecule has 0 aromatic carbocycles. The van der Waals surface area contributed by atoms with Crippen LogP contribution in [0.4, 0.5) is 0 Å². The van der Waals surface area contributed by atoms with Gasteiger partial charge in [-0.15, -0.1) is 0 Å². The molecule has 184 valence electrons. The van der Waals surface area contributed by atoms with Crippen LogP contribution in [0.3, 0.4) is 0 Å². The lowest BCUT2D eigenvalue weighted by atomic mass is 10.0. The fraction of sp³-hybridized carbons (Fsp3) is 0.929. The maximum Gasteiger partial charge on any atom is 0.132 e. The van der Waals surface area contributed by atoms with Crippen molar-refractivity contribution >= 4 is 24.2 Å². The molecule has 0 radical (unpaired) electrons. The van der Waals surface area contributed by atoms with Crippen molar-refractivity contribution in [2.45, 2.75) is 161 Å². The van der Waals surface area contributed by atoms with Crippen molar-refractivity contribution < 1.29 is 9.59 Å². The maximum absolute atomic E-state index is 12.0. The fourth-order valence-electron chi connectivity index (χ4n) is 4.21. The first kappa shape index (κ1) is 30.7. The van der Waals surface area contributed by atoms with Gasteiger partial charge in [0.1, 0.15) is 11.6 Å². The van der Waals surface area contributed by atoms with Gasteiger partial charge in [-0.1, -0.05) is 110 Å². The number of hydrogen-bond donors (Lipinski definition) is 1. The molecule has 0 amide bonds. The lowest BCUT2D eigenvalue weighted by Gasteiger charge is -2.04. The Hall–Kier alpha value is -0.310. The molecule has 0 bridgehead atoms. The van der Waals surface area contributed by atoms with Crippen molar-refractivity contribution in [3.63, 3.8) is 0 Å². The number of carbonyl (C=O) groups excluding carboxylic acids is 2. The van der Waals surface area contributed by atoms with E-state index < -0.39 is 0 Å². The molecule has 0 saturated carbocycles. The zero-order valence-electron chi connectivity index (χ0n) is 20.9. The Morgan fingerprint density at radius 1 is 0.419 bits per heavy atom. The first-order valence-electron chi connectivity index (χ1n) is 13.8. The lowest BCUT2D eigenvalue weighted by molar-refractivity contribution is -0.120. The minimum atomic E-state index is 0.358. The Balaban J connectivity index is 3.29. The van der Waals surface area contributed by atoms with Gasteiger partial charge >= 0.3 is 0 Å². The molecule has 0 aromatic rings. The molecule has 0 rings (SSSR count). The van der Waals surface area contributed by atoms with E-state index >= 15 is 0 Å². The van der Waals surface area contributed by atoms with E-state index in [-0.39, 0.29) is 0 Å². The van der Waals surface area contributed by atoms with Crippen LogP contribution < -0.4 is 0 Å². The fourth-order valence-corrected chi connectivity index (χ4v) is 4.44. The minimum Gasteiger partial charge on any atom is -0.300 e. The van der Waals surface area contributed by atoms with Gasteiger partial charge in [-0.3, -0.25) is 9.59 Å². The molecular weight excluding hydrogens is 400 g/mol. The highest BCUT2D eigenvalue weighted by molar-refractivity contribution is 7.80. The molecule has 0 saturated heterocycles. The van der Waals surface area contributed by atoms with Gasteiger partial charge in [0.15, 0.2) is 0 Å². The molecule has 0 fully saturated rings. The van der Waals surface area contributed by atoms with Crippen molar-refractivity contribution in [2.24, 2.45) is 0 Å². The van der Waals surface area contributed by atoms with Crippen molar-refractivity contribution in [1.82, 2.24) is 0 Å². The Labute approximate surface area is 200 Å². The van der Waals surface area contributed by atoms with Crippen LogP contribution in [0.15, 0.2) is 0 Å². The van der Waals surface area contributed by atoms with E-state index in [0.29, 0.717) is 30.8 Å². The molecule has 0 aliphatic heterocycles. The Kier molecular flexibility index (Phi) is 25.7. The van der Waals surface area contributed by atoms with Gasteiger partial charge in [0.25, 0.3) is 0 Å². The van der Waals surface area contributed by atoms with Crippen LogP contribution in [0.5, 0.6) is 0 Å². The summed E-state index contributed by atoms with van der Waals surface area (Å²) >= 11 is 4.24. The first-order chi connectivity index (χ1) is 15.2. The predicted molar refractivity (Wildman–Crippen MR) is 140 cm³/mol. The predicted octanol–water partition coefficient (Wildman–Crippen LogP) is 9.44. The molecular formula is C28H54O2S. The third-order valence-corrected chi connectivity index (χ3v) is 6.65. The van der Waals surface area contributed by atoms with Gasteiger partial charge in [-0.05, 0) is 31.4 Å². The summed E-state index contributed by atoms with van der Waals surface area (Å²) in [5, 5.41) is 0. The summed E-state index contributed by atoms with van der Waals surface area (Å²) in [5.41, 5.74) is 0. The number of carbonyl (C=O) groups is 2. The molecule has 0 atom stereocenters. The third-order valence-electron chi connectivity index (χ3n) is 6.33. The van der Waals surface area contributed by atoms with E-state index in [1.807, 2.05) is 0 Å². The standard InChI is InChI=1S/C28H54O2S/c1-2-3-4-5-6-7-8-9-12-15-18-22-27(29)24-21-25-28(30)23-19-16-13-10-11-14-17-20-26-31/h31H,2-26H2,1H3. The summed E-state index contributed by atoms with van der Waals surface area (Å²) in [6, 6.07) is 0. The van der Waals surface area contributed by atoms with Crippen LogP contribution in [0.2, 0.25) is 0 Å². The van der Waals surface area contributed by atoms with Gasteiger partial charge < -0.3 is 0 Å². The van der Waals surface area contributed by atoms with E-state index in [9.17, 15) is 9.59 Å². The van der Waals surface area contributed by atoms with Gasteiger partial charge in [0.2, 0.25) is 0 Å². The second kappa shape index (κ2) is 25.9. The second-order valence-electron chi connectivity index (χ2n) is 9.52. The summed E-state index contributed by atoms with van der Waals surface area (Å²) in [4.78, 5) is 24.0. The number of rotatable bonds is 26. The number of hydrogen-bond acceptors (Lipinski definition) is 3. The highest BCUT2D eigenvalue weighted by atomic mass is 32.1. The highest BCUT2D eigenvalue weighted by Gasteiger charge is 2.06. The highest BCUT2D eigenvalue weighted by Crippen LogP contribution is 2.14. The summed E-state index contributed by atoms with van der Waals surface area (Å²) < 4.78 is 0. The Bertz CT molecular complexity index is 394. The molecule has 0 heterocycles. The molecule has 0 unspecified atom stereocenters. The van der Waals surface area contributed by atoms with Crippen LogP contribution in [-0.4, -0.2) is 17.3 Å². The quantitative estimate of drug-likeness (QED) is 0.104. The van der Waals surface area contributed by atoms with Crippen LogP contribution in [0.25, 0.3) is 0 Å². The average Bonchev–Trinajstić information content (AvgIpc) is 2.76. The summed E-state index contributed by atoms with van der Waals surface area (Å²) in [5.74, 6) is 1.73. The molecule has 0 N–H and O–H groups in total. The SMILES string of the molecule is CCCCCCCCCCCCCC(=O)CCCC(=O)CCCCCCCCCCS. The number of unbranched alkanes of at least 4 members (excludes halogenated alkanes) is 17. The van der Waals surface area contributed by atoms with E-state index in [4.69, 9.17) is 0 Å². The van der Waals surface area contributed by atoms with E-state index in [1.54, 1.807) is 0 Å². The monoisotopic (exact) mass is 454 g/mol. The van der Waals surface area contributed by atoms with Crippen molar-refractivity contribution in [3.05, 3.63) is 0 Å². The van der Waals surface area contributed by atoms with Gasteiger partial charge in [0.05, 0.1) is 0 Å². The molecule has 2 nitrogen and oxygen atoms in total. The molecule has 0 aromatic heterocycles. The third kappa shape index (κ3) is 25.8. The average molecular weight is 455 g/mol. The number of ketones is 2. The number of Topliss-reactive ketones (excluding diaryl/α,β-unsaturated/α-hetero) is 2. The van der Waals surface area contributed by atoms with E-state index in [2.05, 4.69) is 19.6 Å². The van der Waals surface area contributed by atoms with Crippen molar-refractivity contribution in [1.29, 1.82) is 0 Å². The Morgan fingerprint density at radius 3 is 1.06 bits per heavy atom. The Morgan fingerprint density at radius 2 is 0.710 bits per heavy atom. The van der Waals surface area contributed by atoms with Gasteiger partial charge in [0, 0.05) is 25.7 Å². The van der Waals surface area contributed by atoms with Crippen LogP contribution in [-0.2, 0) is 9.59 Å². The zero-order chi connectivity index (χ0) is 22.8. The van der Waals surface area contributed by atoms with Gasteiger partial charge in [-0.2, -0.15) is 12.6 Å². The van der Waals surface area contributed by atoms with Crippen LogP contribution in [0.1, 0.15) is 161 Å². The van der Waals surface area contributed by atoms with Crippen LogP contribution >= 0.6 is 12.6 Å². The molecule has 3 heteroatoms. The molecule has 31 heavy (non-hydrogen) atoms. The first-order valence-corrected chi connectivity index (χ1v) is 14.5. The van der Waals surface area contributed by atoms with Crippen molar-refractivity contribution in [2.75, 3.05) is 5.75 Å². The van der Waals surface area contributed by atoms with Gasteiger partial charge in [-0.25, -0.2) is 0 Å². The van der Waals surface area contributed by atoms with Crippen molar-refractivity contribution in [3.8, 4) is 0 Å². The summed E-state index contributed by atoms with van der Waals surface area (Å²) in [7, 11) is 0. The summed E-state index contributed by atoms with van der Waals surface area (Å²) in [6.07, 6.45) is 27.9. The second-order valence-corrected chi connectivity index (χ2v) is 9.97. The van der Waals surface area contributed by atoms with E-state index in [1.165, 1.54) is 109 Å². The smallest absolute Gasteiger partial charge is 0.132 e. The molecule has 0 spiro atoms. The molecule has 0 aliphatic rings. The van der Waals surface area contributed by atoms with Crippen LogP contribution in [0, 0.1) is 0 Å². The largest absolute Gasteiger partial charge is 0.300 e. The van der Waals surface area contributed by atoms with E-state index in [0.717, 1.165) is 31.4 Å². The zero-order valence-corrected chi connectivity index (χ0v) is 21.8. The minimum absolute atomic E-state index is 0.358. The maximum atomic E-state index is 12.0. The molecule has 0 aliphatic carbocycles. The number of thiol groups is 1. The normalized spacial score (nSPS) is 11.2. The summed E-state index contributed by atoms with van der Waals surface area (Å²) in [6.45, 7) is 2.27.